The van der Waals surface area contributed by atoms with Gasteiger partial charge >= 0.3 is 0 Å². The van der Waals surface area contributed by atoms with Crippen LogP contribution in [0.15, 0.2) is 64.7 Å². The van der Waals surface area contributed by atoms with Crippen LogP contribution in [-0.4, -0.2) is 21.2 Å². The Morgan fingerprint density at radius 3 is 2.50 bits per heavy atom. The molecule has 5 aromatic rings. The minimum absolute atomic E-state index is 0.195. The minimum atomic E-state index is -0.330. The molecule has 28 heavy (non-hydrogen) atoms. The molecule has 4 heterocycles. The third-order valence-corrected chi connectivity index (χ3v) is 5.88. The number of carbonyl (C=O) groups is 2. The summed E-state index contributed by atoms with van der Waals surface area (Å²) in [4.78, 5) is 31.4. The fraction of sp³-hybridized carbons (Fsp3) is 0. The number of carbonyl (C=O) groups excluding carboxylic acids is 2. The number of anilines is 2. The van der Waals surface area contributed by atoms with Crippen LogP contribution in [0.3, 0.4) is 0 Å². The van der Waals surface area contributed by atoms with Gasteiger partial charge in [0.2, 0.25) is 0 Å². The molecule has 2 N–H and O–H groups in total. The maximum atomic E-state index is 12.6. The van der Waals surface area contributed by atoms with E-state index in [1.54, 1.807) is 47.7 Å². The first kappa shape index (κ1) is 16.7. The maximum absolute atomic E-state index is 12.6. The Morgan fingerprint density at radius 2 is 1.79 bits per heavy atom. The van der Waals surface area contributed by atoms with Gasteiger partial charge in [-0.1, -0.05) is 0 Å². The summed E-state index contributed by atoms with van der Waals surface area (Å²) in [6, 6.07) is 12.0. The highest BCUT2D eigenvalue weighted by atomic mass is 32.1. The number of imidazole rings is 1. The van der Waals surface area contributed by atoms with Crippen LogP contribution >= 0.6 is 22.7 Å². The van der Waals surface area contributed by atoms with E-state index in [0.29, 0.717) is 16.3 Å². The molecule has 5 rings (SSSR count). The van der Waals surface area contributed by atoms with Crippen LogP contribution in [0.1, 0.15) is 20.2 Å². The highest BCUT2D eigenvalue weighted by Gasteiger charge is 2.15. The molecule has 2 amide bonds. The van der Waals surface area contributed by atoms with Crippen molar-refractivity contribution in [3.8, 4) is 0 Å². The standard InChI is InChI=1S/C19H12N4O3S2/c24-16(14-2-1-8-26-14)20-11-3-5-12(6-4-11)21-17(25)15-10-13-18(28-15)22-19-23(13)7-9-27-19/h1-10H,(H,20,24)(H,21,25). The van der Waals surface area contributed by atoms with Gasteiger partial charge in [-0.25, -0.2) is 4.98 Å². The second-order valence-corrected chi connectivity index (χ2v) is 7.83. The second-order valence-electron chi connectivity index (χ2n) is 5.93. The predicted molar refractivity (Wildman–Crippen MR) is 110 cm³/mol. The van der Waals surface area contributed by atoms with Crippen LogP contribution in [0.4, 0.5) is 11.4 Å². The van der Waals surface area contributed by atoms with Gasteiger partial charge in [-0.15, -0.1) is 22.7 Å². The van der Waals surface area contributed by atoms with E-state index in [1.807, 2.05) is 22.0 Å². The van der Waals surface area contributed by atoms with Crippen molar-refractivity contribution >= 4 is 61.2 Å². The zero-order chi connectivity index (χ0) is 19.1. The summed E-state index contributed by atoms with van der Waals surface area (Å²) in [5.41, 5.74) is 2.17. The Morgan fingerprint density at radius 1 is 1.04 bits per heavy atom. The number of furan rings is 1. The monoisotopic (exact) mass is 408 g/mol. The number of aromatic nitrogens is 2. The summed E-state index contributed by atoms with van der Waals surface area (Å²) in [5, 5.41) is 7.56. The summed E-state index contributed by atoms with van der Waals surface area (Å²) in [7, 11) is 0. The first-order valence-corrected chi connectivity index (χ1v) is 9.98. The highest BCUT2D eigenvalue weighted by molar-refractivity contribution is 7.21. The summed E-state index contributed by atoms with van der Waals surface area (Å²) in [5.74, 6) is -0.288. The number of hydrogen-bond donors (Lipinski definition) is 2. The Balaban J connectivity index is 1.29. The molecule has 138 valence electrons. The van der Waals surface area contributed by atoms with Crippen LogP contribution in [0.2, 0.25) is 0 Å². The molecule has 0 spiro atoms. The lowest BCUT2D eigenvalue weighted by Gasteiger charge is -2.06. The van der Waals surface area contributed by atoms with Gasteiger partial charge in [-0.3, -0.25) is 14.0 Å². The third-order valence-electron chi connectivity index (χ3n) is 4.11. The topological polar surface area (TPSA) is 88.6 Å². The maximum Gasteiger partial charge on any atom is 0.291 e. The molecule has 0 aliphatic carbocycles. The Kier molecular flexibility index (Phi) is 3.96. The van der Waals surface area contributed by atoms with Gasteiger partial charge in [0.05, 0.1) is 16.7 Å². The van der Waals surface area contributed by atoms with Gasteiger partial charge in [0.15, 0.2) is 10.7 Å². The van der Waals surface area contributed by atoms with Crippen molar-refractivity contribution in [1.29, 1.82) is 0 Å². The fourth-order valence-electron chi connectivity index (χ4n) is 2.79. The number of benzene rings is 1. The van der Waals surface area contributed by atoms with E-state index in [0.717, 1.165) is 15.3 Å². The summed E-state index contributed by atoms with van der Waals surface area (Å²) < 4.78 is 7.03. The summed E-state index contributed by atoms with van der Waals surface area (Å²) in [6.07, 6.45) is 3.39. The molecule has 0 saturated carbocycles. The lowest BCUT2D eigenvalue weighted by Crippen LogP contribution is -2.12. The molecule has 0 radical (unpaired) electrons. The Bertz CT molecular complexity index is 1300. The molecule has 0 saturated heterocycles. The minimum Gasteiger partial charge on any atom is -0.459 e. The highest BCUT2D eigenvalue weighted by Crippen LogP contribution is 2.28. The van der Waals surface area contributed by atoms with E-state index in [4.69, 9.17) is 4.42 Å². The molecule has 7 nitrogen and oxygen atoms in total. The number of fused-ring (bicyclic) bond motifs is 3. The second kappa shape index (κ2) is 6.63. The van der Waals surface area contributed by atoms with Crippen molar-refractivity contribution in [1.82, 2.24) is 9.38 Å². The van der Waals surface area contributed by atoms with Gasteiger partial charge in [0, 0.05) is 23.0 Å². The van der Waals surface area contributed by atoms with Gasteiger partial charge in [-0.2, -0.15) is 0 Å². The van der Waals surface area contributed by atoms with Crippen molar-refractivity contribution in [2.45, 2.75) is 0 Å². The molecule has 0 aliphatic rings. The van der Waals surface area contributed by atoms with Crippen LogP contribution < -0.4 is 10.6 Å². The van der Waals surface area contributed by atoms with Crippen LogP contribution in [0.25, 0.3) is 15.3 Å². The van der Waals surface area contributed by atoms with E-state index in [-0.39, 0.29) is 17.6 Å². The van der Waals surface area contributed by atoms with Crippen LogP contribution in [0, 0.1) is 0 Å². The average molecular weight is 408 g/mol. The molecule has 0 atom stereocenters. The Hall–Kier alpha value is -3.43. The third kappa shape index (κ3) is 2.96. The number of nitrogens with zero attached hydrogens (tertiary/aromatic N) is 2. The summed E-state index contributed by atoms with van der Waals surface area (Å²) in [6.45, 7) is 0. The Labute approximate surface area is 166 Å². The van der Waals surface area contributed by atoms with Crippen LogP contribution in [0.5, 0.6) is 0 Å². The molecule has 0 unspecified atom stereocenters. The molecule has 0 bridgehead atoms. The van der Waals surface area contributed by atoms with E-state index in [1.165, 1.54) is 17.6 Å². The quantitative estimate of drug-likeness (QED) is 0.451. The normalized spacial score (nSPS) is 11.1. The smallest absolute Gasteiger partial charge is 0.291 e. The number of thiophene rings is 1. The fourth-order valence-corrected chi connectivity index (χ4v) is 4.48. The zero-order valence-electron chi connectivity index (χ0n) is 14.2. The van der Waals surface area contributed by atoms with E-state index in [9.17, 15) is 9.59 Å². The molecular weight excluding hydrogens is 396 g/mol. The molecule has 0 aliphatic heterocycles. The zero-order valence-corrected chi connectivity index (χ0v) is 15.8. The van der Waals surface area contributed by atoms with Crippen molar-refractivity contribution in [3.05, 3.63) is 70.9 Å². The van der Waals surface area contributed by atoms with Gasteiger partial charge in [0.25, 0.3) is 11.8 Å². The van der Waals surface area contributed by atoms with Crippen LogP contribution in [-0.2, 0) is 0 Å². The molecule has 1 aromatic carbocycles. The van der Waals surface area contributed by atoms with Gasteiger partial charge in [-0.05, 0) is 42.5 Å². The number of rotatable bonds is 4. The van der Waals surface area contributed by atoms with Gasteiger partial charge < -0.3 is 15.1 Å². The van der Waals surface area contributed by atoms with Crippen molar-refractivity contribution < 1.29 is 14.0 Å². The first-order chi connectivity index (χ1) is 13.7. The molecule has 9 heteroatoms. The lowest BCUT2D eigenvalue weighted by molar-refractivity contribution is 0.0994. The SMILES string of the molecule is O=C(Nc1ccc(NC(=O)c2cc3c(nc4sccn43)s2)cc1)c1ccco1. The first-order valence-electron chi connectivity index (χ1n) is 8.29. The molecule has 4 aromatic heterocycles. The summed E-state index contributed by atoms with van der Waals surface area (Å²) >= 11 is 2.92. The lowest BCUT2D eigenvalue weighted by atomic mass is 10.2. The van der Waals surface area contributed by atoms with E-state index >= 15 is 0 Å². The number of hydrogen-bond acceptors (Lipinski definition) is 6. The van der Waals surface area contributed by atoms with E-state index < -0.39 is 0 Å². The van der Waals surface area contributed by atoms with Gasteiger partial charge in [0.1, 0.15) is 4.83 Å². The predicted octanol–water partition coefficient (Wildman–Crippen LogP) is 4.71. The number of nitrogens with one attached hydrogen (secondary N) is 2. The molecule has 0 fully saturated rings. The van der Waals surface area contributed by atoms with E-state index in [2.05, 4.69) is 15.6 Å². The largest absolute Gasteiger partial charge is 0.459 e. The van der Waals surface area contributed by atoms with Crippen molar-refractivity contribution in [2.24, 2.45) is 0 Å². The van der Waals surface area contributed by atoms with Crippen molar-refractivity contribution in [2.75, 3.05) is 10.6 Å². The number of thiazole rings is 1. The number of amides is 2. The molecular formula is C19H12N4O3S2. The average Bonchev–Trinajstić information content (AvgIpc) is 3.45. The van der Waals surface area contributed by atoms with Crippen molar-refractivity contribution in [3.63, 3.8) is 0 Å².